The molecule has 0 unspecified atom stereocenters. The molecule has 0 saturated carbocycles. The number of halogens is 5. The highest BCUT2D eigenvalue weighted by Crippen LogP contribution is 2.24. The van der Waals surface area contributed by atoms with E-state index in [9.17, 15) is 17.6 Å². The quantitative estimate of drug-likeness (QED) is 0.572. The van der Waals surface area contributed by atoms with E-state index in [0.717, 1.165) is 0 Å². The molecule has 0 atom stereocenters. The molecule has 0 fully saturated rings. The highest BCUT2D eigenvalue weighted by Gasteiger charge is 2.19. The summed E-state index contributed by atoms with van der Waals surface area (Å²) in [6.45, 7) is 0. The van der Waals surface area contributed by atoms with Gasteiger partial charge in [-0.05, 0) is 22.6 Å². The number of aromatic nitrogens is 1. The summed E-state index contributed by atoms with van der Waals surface area (Å²) >= 11 is 1.30. The van der Waals surface area contributed by atoms with Crippen LogP contribution in [0.2, 0.25) is 0 Å². The SMILES string of the molecule is Fc1cnc(C(F)F)c(F)c1I. The lowest BCUT2D eigenvalue weighted by Gasteiger charge is -2.02. The van der Waals surface area contributed by atoms with Gasteiger partial charge in [0.15, 0.2) is 11.6 Å². The van der Waals surface area contributed by atoms with E-state index < -0.39 is 27.3 Å². The summed E-state index contributed by atoms with van der Waals surface area (Å²) < 4.78 is 48.6. The van der Waals surface area contributed by atoms with E-state index >= 15 is 0 Å². The number of rotatable bonds is 1. The molecule has 0 radical (unpaired) electrons. The minimum absolute atomic E-state index is 0.460. The van der Waals surface area contributed by atoms with Crippen molar-refractivity contribution in [1.29, 1.82) is 0 Å². The number of alkyl halides is 2. The van der Waals surface area contributed by atoms with Gasteiger partial charge in [0.1, 0.15) is 5.69 Å². The molecule has 1 aromatic heterocycles. The van der Waals surface area contributed by atoms with E-state index in [2.05, 4.69) is 4.98 Å². The molecule has 0 aliphatic rings. The van der Waals surface area contributed by atoms with Gasteiger partial charge in [0.05, 0.1) is 9.77 Å². The van der Waals surface area contributed by atoms with Gasteiger partial charge < -0.3 is 0 Å². The summed E-state index contributed by atoms with van der Waals surface area (Å²) in [7, 11) is 0. The summed E-state index contributed by atoms with van der Waals surface area (Å²) in [5.41, 5.74) is -1.01. The molecule has 0 amide bonds. The third-order valence-electron chi connectivity index (χ3n) is 1.15. The molecular weight excluding hydrogens is 289 g/mol. The number of pyridine rings is 1. The summed E-state index contributed by atoms with van der Waals surface area (Å²) in [6.07, 6.45) is -2.44. The molecule has 1 heterocycles. The average molecular weight is 291 g/mol. The van der Waals surface area contributed by atoms with Crippen LogP contribution in [-0.4, -0.2) is 4.98 Å². The summed E-state index contributed by atoms with van der Waals surface area (Å²) in [4.78, 5) is 2.93. The molecule has 0 aliphatic heterocycles. The Bertz CT molecular complexity index is 302. The minimum Gasteiger partial charge on any atom is -0.249 e. The fourth-order valence-electron chi connectivity index (χ4n) is 0.609. The van der Waals surface area contributed by atoms with Crippen molar-refractivity contribution in [3.05, 3.63) is 27.1 Å². The van der Waals surface area contributed by atoms with E-state index in [1.165, 1.54) is 22.6 Å². The second kappa shape index (κ2) is 3.55. The Labute approximate surface area is 78.9 Å². The predicted octanol–water partition coefficient (Wildman–Crippen LogP) is 2.90. The van der Waals surface area contributed by atoms with Gasteiger partial charge in [-0.15, -0.1) is 0 Å². The third-order valence-corrected chi connectivity index (χ3v) is 2.14. The van der Waals surface area contributed by atoms with Crippen LogP contribution >= 0.6 is 22.6 Å². The smallest absolute Gasteiger partial charge is 0.249 e. The zero-order chi connectivity index (χ0) is 9.30. The summed E-state index contributed by atoms with van der Waals surface area (Å²) in [5, 5.41) is 0. The average Bonchev–Trinajstić information content (AvgIpc) is 2.00. The molecule has 1 nitrogen and oxygen atoms in total. The van der Waals surface area contributed by atoms with Crippen LogP contribution in [0.3, 0.4) is 0 Å². The van der Waals surface area contributed by atoms with Crippen LogP contribution in [0.15, 0.2) is 6.20 Å². The first-order chi connectivity index (χ1) is 5.54. The largest absolute Gasteiger partial charge is 0.283 e. The normalized spacial score (nSPS) is 10.8. The number of hydrogen-bond donors (Lipinski definition) is 0. The Morgan fingerprint density at radius 1 is 1.33 bits per heavy atom. The standard InChI is InChI=1S/C6H2F4IN/c7-2-1-12-5(6(9)10)3(8)4(2)11/h1,6H. The first-order valence-corrected chi connectivity index (χ1v) is 3.89. The van der Waals surface area contributed by atoms with Gasteiger partial charge in [-0.2, -0.15) is 0 Å². The van der Waals surface area contributed by atoms with Crippen molar-refractivity contribution < 1.29 is 17.6 Å². The topological polar surface area (TPSA) is 12.9 Å². The summed E-state index contributed by atoms with van der Waals surface area (Å²) in [5.74, 6) is -2.22. The molecule has 1 aromatic rings. The molecule has 0 aliphatic carbocycles. The van der Waals surface area contributed by atoms with Gasteiger partial charge in [-0.25, -0.2) is 22.5 Å². The maximum atomic E-state index is 12.7. The fourth-order valence-corrected chi connectivity index (χ4v) is 1.02. The van der Waals surface area contributed by atoms with E-state index in [1.807, 2.05) is 0 Å². The van der Waals surface area contributed by atoms with Crippen LogP contribution in [0.5, 0.6) is 0 Å². The van der Waals surface area contributed by atoms with Gasteiger partial charge >= 0.3 is 0 Å². The van der Waals surface area contributed by atoms with Crippen molar-refractivity contribution in [3.63, 3.8) is 0 Å². The Kier molecular flexibility index (Phi) is 2.86. The van der Waals surface area contributed by atoms with E-state index in [0.29, 0.717) is 6.20 Å². The summed E-state index contributed by atoms with van der Waals surface area (Å²) in [6, 6.07) is 0. The van der Waals surface area contributed by atoms with Crippen LogP contribution in [0, 0.1) is 15.2 Å². The Morgan fingerprint density at radius 2 is 1.92 bits per heavy atom. The monoisotopic (exact) mass is 291 g/mol. The Hall–Kier alpha value is -0.400. The van der Waals surface area contributed by atoms with Crippen molar-refractivity contribution in [2.75, 3.05) is 0 Å². The molecule has 0 aromatic carbocycles. The van der Waals surface area contributed by atoms with Crippen molar-refractivity contribution >= 4 is 22.6 Å². The number of nitrogens with zero attached hydrogens (tertiary/aromatic N) is 1. The lowest BCUT2D eigenvalue weighted by atomic mass is 10.3. The predicted molar refractivity (Wildman–Crippen MR) is 41.8 cm³/mol. The first kappa shape index (κ1) is 9.69. The second-order valence-electron chi connectivity index (χ2n) is 1.92. The van der Waals surface area contributed by atoms with Gasteiger partial charge in [0.2, 0.25) is 0 Å². The third kappa shape index (κ3) is 1.67. The van der Waals surface area contributed by atoms with E-state index in [1.54, 1.807) is 0 Å². The molecule has 6 heteroatoms. The Morgan fingerprint density at radius 3 is 2.42 bits per heavy atom. The van der Waals surface area contributed by atoms with E-state index in [4.69, 9.17) is 0 Å². The van der Waals surface area contributed by atoms with Crippen LogP contribution in [0.4, 0.5) is 17.6 Å². The molecule has 0 saturated heterocycles. The highest BCUT2D eigenvalue weighted by atomic mass is 127. The number of hydrogen-bond acceptors (Lipinski definition) is 1. The van der Waals surface area contributed by atoms with Crippen LogP contribution in [0.1, 0.15) is 12.1 Å². The van der Waals surface area contributed by atoms with Crippen molar-refractivity contribution in [2.24, 2.45) is 0 Å². The molecule has 1 rings (SSSR count). The zero-order valence-electron chi connectivity index (χ0n) is 5.49. The van der Waals surface area contributed by atoms with Crippen LogP contribution in [-0.2, 0) is 0 Å². The van der Waals surface area contributed by atoms with Crippen LogP contribution in [0.25, 0.3) is 0 Å². The van der Waals surface area contributed by atoms with Crippen molar-refractivity contribution in [2.45, 2.75) is 6.43 Å². The first-order valence-electron chi connectivity index (χ1n) is 2.81. The van der Waals surface area contributed by atoms with Gasteiger partial charge in [-0.1, -0.05) is 0 Å². The van der Waals surface area contributed by atoms with Gasteiger partial charge in [0, 0.05) is 0 Å². The highest BCUT2D eigenvalue weighted by molar-refractivity contribution is 14.1. The lowest BCUT2D eigenvalue weighted by Crippen LogP contribution is -2.00. The zero-order valence-corrected chi connectivity index (χ0v) is 7.65. The van der Waals surface area contributed by atoms with Crippen molar-refractivity contribution in [3.8, 4) is 0 Å². The molecule has 66 valence electrons. The molecular formula is C6H2F4IN. The maximum absolute atomic E-state index is 12.7. The second-order valence-corrected chi connectivity index (χ2v) is 3.00. The van der Waals surface area contributed by atoms with Gasteiger partial charge in [0.25, 0.3) is 6.43 Å². The van der Waals surface area contributed by atoms with Crippen molar-refractivity contribution in [1.82, 2.24) is 4.98 Å². The lowest BCUT2D eigenvalue weighted by molar-refractivity contribution is 0.140. The van der Waals surface area contributed by atoms with Crippen LogP contribution < -0.4 is 0 Å². The molecule has 0 spiro atoms. The minimum atomic E-state index is -3.01. The molecule has 0 bridgehead atoms. The Balaban J connectivity index is 3.27. The maximum Gasteiger partial charge on any atom is 0.283 e. The fraction of sp³-hybridized carbons (Fsp3) is 0.167. The molecule has 0 N–H and O–H groups in total. The molecule has 12 heavy (non-hydrogen) atoms. The van der Waals surface area contributed by atoms with Gasteiger partial charge in [-0.3, -0.25) is 0 Å². The van der Waals surface area contributed by atoms with E-state index in [-0.39, 0.29) is 0 Å².